The fourth-order valence-corrected chi connectivity index (χ4v) is 4.47. The van der Waals surface area contributed by atoms with Crippen molar-refractivity contribution in [1.29, 1.82) is 0 Å². The molecule has 1 atom stereocenters. The zero-order chi connectivity index (χ0) is 21.1. The van der Waals surface area contributed by atoms with E-state index in [1.165, 1.54) is 16.9 Å². The van der Waals surface area contributed by atoms with Gasteiger partial charge < -0.3 is 5.32 Å². The minimum atomic E-state index is -0.0269. The van der Waals surface area contributed by atoms with E-state index in [1.807, 2.05) is 41.0 Å². The molecular weight excluding hydrogens is 398 g/mol. The van der Waals surface area contributed by atoms with Gasteiger partial charge in [0.2, 0.25) is 11.7 Å². The third-order valence-corrected chi connectivity index (χ3v) is 6.17. The van der Waals surface area contributed by atoms with Crippen molar-refractivity contribution < 1.29 is 4.79 Å². The number of nitrogens with one attached hydrogen (secondary N) is 1. The molecule has 0 fully saturated rings. The molecule has 1 amide bonds. The van der Waals surface area contributed by atoms with Gasteiger partial charge in [-0.1, -0.05) is 44.2 Å². The predicted octanol–water partition coefficient (Wildman–Crippen LogP) is 3.37. The number of benzene rings is 1. The normalized spacial score (nSPS) is 12.5. The molecule has 0 aliphatic rings. The summed E-state index contributed by atoms with van der Waals surface area (Å²) in [5.41, 5.74) is 1.99. The number of aryl methyl sites for hydroxylation is 2. The molecular formula is C22H25N5O2S. The van der Waals surface area contributed by atoms with E-state index in [2.05, 4.69) is 34.6 Å². The summed E-state index contributed by atoms with van der Waals surface area (Å²) in [6.45, 7) is 5.31. The number of rotatable bonds is 8. The maximum atomic E-state index is 12.8. The quantitative estimate of drug-likeness (QED) is 0.471. The summed E-state index contributed by atoms with van der Waals surface area (Å²) in [4.78, 5) is 25.2. The first-order valence-electron chi connectivity index (χ1n) is 10.3. The van der Waals surface area contributed by atoms with Gasteiger partial charge in [0.15, 0.2) is 0 Å². The van der Waals surface area contributed by atoms with Gasteiger partial charge in [0.25, 0.3) is 5.56 Å². The molecule has 0 bridgehead atoms. The van der Waals surface area contributed by atoms with Crippen molar-refractivity contribution in [1.82, 2.24) is 24.5 Å². The number of fused-ring (bicyclic) bond motifs is 3. The Bertz CT molecular complexity index is 1230. The summed E-state index contributed by atoms with van der Waals surface area (Å²) in [7, 11) is 0. The lowest BCUT2D eigenvalue weighted by atomic mass is 10.0. The topological polar surface area (TPSA) is 81.3 Å². The van der Waals surface area contributed by atoms with Crippen LogP contribution in [-0.2, 0) is 17.8 Å². The third kappa shape index (κ3) is 3.87. The molecule has 0 saturated carbocycles. The lowest BCUT2D eigenvalue weighted by Crippen LogP contribution is -2.28. The highest BCUT2D eigenvalue weighted by Crippen LogP contribution is 2.20. The van der Waals surface area contributed by atoms with E-state index in [9.17, 15) is 9.59 Å². The third-order valence-electron chi connectivity index (χ3n) is 5.28. The average Bonchev–Trinajstić information content (AvgIpc) is 3.41. The van der Waals surface area contributed by atoms with Crippen LogP contribution in [0.2, 0.25) is 0 Å². The Balaban J connectivity index is 1.49. The van der Waals surface area contributed by atoms with Crippen molar-refractivity contribution in [3.63, 3.8) is 0 Å². The molecule has 8 heteroatoms. The van der Waals surface area contributed by atoms with Gasteiger partial charge in [-0.25, -0.2) is 0 Å². The molecule has 0 spiro atoms. The highest BCUT2D eigenvalue weighted by atomic mass is 32.1. The molecule has 30 heavy (non-hydrogen) atoms. The summed E-state index contributed by atoms with van der Waals surface area (Å²) in [6, 6.07) is 12.1. The van der Waals surface area contributed by atoms with Crippen LogP contribution in [0, 0.1) is 0 Å². The Morgan fingerprint density at radius 1 is 1.20 bits per heavy atom. The van der Waals surface area contributed by atoms with Crippen molar-refractivity contribution in [2.75, 3.05) is 6.54 Å². The second kappa shape index (κ2) is 8.79. The monoisotopic (exact) mass is 423 g/mol. The van der Waals surface area contributed by atoms with Crippen LogP contribution < -0.4 is 10.9 Å². The van der Waals surface area contributed by atoms with Crippen LogP contribution in [0.25, 0.3) is 16.0 Å². The Hall–Kier alpha value is -3.00. The van der Waals surface area contributed by atoms with E-state index in [-0.39, 0.29) is 17.4 Å². The first-order chi connectivity index (χ1) is 14.6. The minimum absolute atomic E-state index is 0.0158. The van der Waals surface area contributed by atoms with Crippen LogP contribution in [0.5, 0.6) is 0 Å². The lowest BCUT2D eigenvalue weighted by molar-refractivity contribution is -0.121. The maximum absolute atomic E-state index is 12.8. The van der Waals surface area contributed by atoms with Crippen molar-refractivity contribution in [3.05, 3.63) is 63.5 Å². The summed E-state index contributed by atoms with van der Waals surface area (Å²) in [5.74, 6) is 1.47. The number of carbonyl (C=O) groups is 1. The van der Waals surface area contributed by atoms with Gasteiger partial charge in [-0.05, 0) is 29.3 Å². The van der Waals surface area contributed by atoms with Gasteiger partial charge in [0.05, 0.1) is 5.52 Å². The summed E-state index contributed by atoms with van der Waals surface area (Å²) in [6.07, 6.45) is 1.61. The van der Waals surface area contributed by atoms with E-state index >= 15 is 0 Å². The van der Waals surface area contributed by atoms with E-state index < -0.39 is 0 Å². The lowest BCUT2D eigenvalue weighted by Gasteiger charge is -2.13. The Labute approximate surface area is 178 Å². The van der Waals surface area contributed by atoms with Crippen molar-refractivity contribution >= 4 is 33.2 Å². The van der Waals surface area contributed by atoms with Crippen LogP contribution in [0.1, 0.15) is 44.0 Å². The summed E-state index contributed by atoms with van der Waals surface area (Å²) >= 11 is 1.43. The van der Waals surface area contributed by atoms with Crippen LogP contribution in [0.15, 0.2) is 46.6 Å². The summed E-state index contributed by atoms with van der Waals surface area (Å²) in [5, 5.41) is 13.5. The summed E-state index contributed by atoms with van der Waals surface area (Å²) < 4.78 is 4.29. The van der Waals surface area contributed by atoms with Crippen molar-refractivity contribution in [2.24, 2.45) is 0 Å². The molecule has 156 valence electrons. The first-order valence-corrected chi connectivity index (χ1v) is 11.1. The van der Waals surface area contributed by atoms with Crippen molar-refractivity contribution in [3.8, 4) is 0 Å². The van der Waals surface area contributed by atoms with Gasteiger partial charge in [-0.2, -0.15) is 0 Å². The van der Waals surface area contributed by atoms with Gasteiger partial charge in [0.1, 0.15) is 10.5 Å². The molecule has 1 N–H and O–H groups in total. The predicted molar refractivity (Wildman–Crippen MR) is 119 cm³/mol. The molecule has 0 aliphatic heterocycles. The highest BCUT2D eigenvalue weighted by Gasteiger charge is 2.18. The highest BCUT2D eigenvalue weighted by molar-refractivity contribution is 7.17. The molecule has 0 aliphatic carbocycles. The molecule has 0 unspecified atom stereocenters. The zero-order valence-electron chi connectivity index (χ0n) is 17.2. The molecule has 1 aromatic carbocycles. The van der Waals surface area contributed by atoms with E-state index in [4.69, 9.17) is 0 Å². The Morgan fingerprint density at radius 2 is 2.00 bits per heavy atom. The number of nitrogens with zero attached hydrogens (tertiary/aromatic N) is 4. The molecule has 0 saturated heterocycles. The standard InChI is InChI=1S/C22H25N5O2S/c1-3-12-26-21(29)20-17(11-13-30-20)27-18(24-25-22(26)27)9-10-19(28)23-14-15(2)16-7-5-4-6-8-16/h4-8,11,13,15H,3,9-10,12,14H2,1-2H3,(H,23,28)/t15-/m0/s1. The van der Waals surface area contributed by atoms with Gasteiger partial charge >= 0.3 is 0 Å². The number of hydrogen-bond donors (Lipinski definition) is 1. The molecule has 3 aromatic heterocycles. The number of aromatic nitrogens is 4. The molecule has 0 radical (unpaired) electrons. The van der Waals surface area contributed by atoms with Crippen LogP contribution >= 0.6 is 11.3 Å². The first kappa shape index (κ1) is 20.3. The number of hydrogen-bond acceptors (Lipinski definition) is 5. The largest absolute Gasteiger partial charge is 0.355 e. The number of amides is 1. The fraction of sp³-hybridized carbons (Fsp3) is 0.364. The molecule has 7 nitrogen and oxygen atoms in total. The number of carbonyl (C=O) groups excluding carboxylic acids is 1. The fourth-order valence-electron chi connectivity index (χ4n) is 3.65. The second-order valence-electron chi connectivity index (χ2n) is 7.46. The van der Waals surface area contributed by atoms with Crippen LogP contribution in [0.3, 0.4) is 0 Å². The van der Waals surface area contributed by atoms with E-state index in [0.29, 0.717) is 42.2 Å². The van der Waals surface area contributed by atoms with Gasteiger partial charge in [-0.15, -0.1) is 21.5 Å². The number of thiophene rings is 1. The molecule has 4 rings (SSSR count). The average molecular weight is 424 g/mol. The zero-order valence-corrected chi connectivity index (χ0v) is 18.0. The SMILES string of the molecule is CCCn1c(=O)c2sccc2n2c(CCC(=O)NC[C@H](C)c3ccccc3)nnc12. The van der Waals surface area contributed by atoms with E-state index in [1.54, 1.807) is 4.57 Å². The second-order valence-corrected chi connectivity index (χ2v) is 8.38. The minimum Gasteiger partial charge on any atom is -0.355 e. The van der Waals surface area contributed by atoms with E-state index in [0.717, 1.165) is 11.9 Å². The van der Waals surface area contributed by atoms with Crippen LogP contribution in [-0.4, -0.2) is 31.6 Å². The maximum Gasteiger partial charge on any atom is 0.272 e. The Morgan fingerprint density at radius 3 is 2.77 bits per heavy atom. The van der Waals surface area contributed by atoms with Crippen LogP contribution in [0.4, 0.5) is 0 Å². The van der Waals surface area contributed by atoms with Crippen molar-refractivity contribution in [2.45, 2.75) is 45.6 Å². The smallest absolute Gasteiger partial charge is 0.272 e. The molecule has 4 aromatic rings. The Kier molecular flexibility index (Phi) is 5.94. The molecule has 3 heterocycles. The van der Waals surface area contributed by atoms with Gasteiger partial charge in [0, 0.05) is 25.9 Å². The van der Waals surface area contributed by atoms with Gasteiger partial charge in [-0.3, -0.25) is 18.6 Å².